The first kappa shape index (κ1) is 18.5. The lowest BCUT2D eigenvalue weighted by Crippen LogP contribution is -2.53. The minimum absolute atomic E-state index is 0.0730. The van der Waals surface area contributed by atoms with Gasteiger partial charge in [-0.15, -0.1) is 13.2 Å². The van der Waals surface area contributed by atoms with Crippen LogP contribution in [0.25, 0.3) is 0 Å². The number of amides is 1. The van der Waals surface area contributed by atoms with Crippen molar-refractivity contribution in [2.75, 3.05) is 0 Å². The molecule has 2 aliphatic heterocycles. The fourth-order valence-electron chi connectivity index (χ4n) is 3.54. The number of alkyl halides is 3. The molecule has 1 amide bonds. The Balaban J connectivity index is 1.79. The molecular formula is C18H16F3N3O4. The Morgan fingerprint density at radius 2 is 2.00 bits per heavy atom. The third-order valence-corrected chi connectivity index (χ3v) is 4.81. The highest BCUT2D eigenvalue weighted by Gasteiger charge is 2.49. The highest BCUT2D eigenvalue weighted by Crippen LogP contribution is 2.46. The molecule has 2 aromatic rings. The maximum absolute atomic E-state index is 12.8. The number of aliphatic hydroxyl groups excluding tert-OH is 1. The second kappa shape index (κ2) is 6.06. The lowest BCUT2D eigenvalue weighted by atomic mass is 9.85. The zero-order chi connectivity index (χ0) is 20.3. The molecular weight excluding hydrogens is 379 g/mol. The molecule has 148 valence electrons. The molecule has 0 bridgehead atoms. The first-order chi connectivity index (χ1) is 13.1. The van der Waals surface area contributed by atoms with Crippen LogP contribution in [0.3, 0.4) is 0 Å². The summed E-state index contributed by atoms with van der Waals surface area (Å²) in [6.07, 6.45) is -3.25. The van der Waals surface area contributed by atoms with Crippen LogP contribution in [-0.2, 0) is 6.54 Å². The van der Waals surface area contributed by atoms with Crippen LogP contribution in [0, 0.1) is 0 Å². The highest BCUT2D eigenvalue weighted by atomic mass is 19.4. The average Bonchev–Trinajstić information content (AvgIpc) is 2.92. The molecule has 2 atom stereocenters. The summed E-state index contributed by atoms with van der Waals surface area (Å²) < 4.78 is 47.6. The topological polar surface area (TPSA) is 84.8 Å². The van der Waals surface area contributed by atoms with Crippen LogP contribution in [0.4, 0.5) is 13.2 Å². The van der Waals surface area contributed by atoms with Gasteiger partial charge in [0.1, 0.15) is 23.2 Å². The maximum Gasteiger partial charge on any atom is 0.573 e. The number of aliphatic hydroxyl groups is 1. The Kier molecular flexibility index (Phi) is 4.00. The van der Waals surface area contributed by atoms with Gasteiger partial charge in [-0.3, -0.25) is 9.78 Å². The second-order valence-corrected chi connectivity index (χ2v) is 7.13. The van der Waals surface area contributed by atoms with Gasteiger partial charge in [0.15, 0.2) is 5.69 Å². The van der Waals surface area contributed by atoms with E-state index in [9.17, 15) is 23.1 Å². The molecule has 0 aliphatic carbocycles. The molecule has 10 heteroatoms. The number of hydrogen-bond acceptors (Lipinski definition) is 6. The lowest BCUT2D eigenvalue weighted by molar-refractivity contribution is -0.274. The van der Waals surface area contributed by atoms with Crippen molar-refractivity contribution in [2.24, 2.45) is 0 Å². The van der Waals surface area contributed by atoms with E-state index in [1.807, 2.05) is 0 Å². The van der Waals surface area contributed by atoms with Gasteiger partial charge in [0.05, 0.1) is 18.3 Å². The molecule has 1 aromatic heterocycles. The van der Waals surface area contributed by atoms with Crippen LogP contribution in [-0.4, -0.2) is 43.9 Å². The van der Waals surface area contributed by atoms with E-state index in [1.54, 1.807) is 13.8 Å². The maximum atomic E-state index is 12.8. The Hall–Kier alpha value is -2.88. The summed E-state index contributed by atoms with van der Waals surface area (Å²) in [5, 5.41) is 10.9. The van der Waals surface area contributed by atoms with Crippen LogP contribution >= 0.6 is 0 Å². The number of benzene rings is 1. The summed E-state index contributed by atoms with van der Waals surface area (Å²) in [5.74, 6) is -0.662. The lowest BCUT2D eigenvalue weighted by Gasteiger charge is -2.45. The molecule has 2 unspecified atom stereocenters. The van der Waals surface area contributed by atoms with Crippen molar-refractivity contribution >= 4 is 5.91 Å². The van der Waals surface area contributed by atoms with Crippen molar-refractivity contribution in [1.29, 1.82) is 0 Å². The van der Waals surface area contributed by atoms with E-state index < -0.39 is 35.8 Å². The first-order valence-corrected chi connectivity index (χ1v) is 8.44. The second-order valence-electron chi connectivity index (χ2n) is 7.13. The first-order valence-electron chi connectivity index (χ1n) is 8.44. The summed E-state index contributed by atoms with van der Waals surface area (Å²) in [6, 6.07) is 2.63. The van der Waals surface area contributed by atoms with Gasteiger partial charge in [-0.1, -0.05) is 0 Å². The summed E-state index contributed by atoms with van der Waals surface area (Å²) in [7, 11) is 0. The van der Waals surface area contributed by atoms with Crippen LogP contribution < -0.4 is 9.47 Å². The van der Waals surface area contributed by atoms with Crippen LogP contribution in [0.2, 0.25) is 0 Å². The monoisotopic (exact) mass is 395 g/mol. The number of fused-ring (bicyclic) bond motifs is 2. The number of nitrogens with zero attached hydrogens (tertiary/aromatic N) is 3. The number of carbonyl (C=O) groups is 1. The van der Waals surface area contributed by atoms with Crippen molar-refractivity contribution in [3.8, 4) is 11.5 Å². The number of aromatic nitrogens is 2. The molecule has 7 nitrogen and oxygen atoms in total. The fraction of sp³-hybridized carbons (Fsp3) is 0.389. The molecule has 4 rings (SSSR count). The van der Waals surface area contributed by atoms with Gasteiger partial charge < -0.3 is 19.5 Å². The van der Waals surface area contributed by atoms with Crippen molar-refractivity contribution in [3.63, 3.8) is 0 Å². The van der Waals surface area contributed by atoms with E-state index in [0.717, 1.165) is 12.1 Å². The standard InChI is InChI=1S/C18H16F3N3O4/c1-17(2)15(25)14(24-8-11-13(16(24)26)23-6-5-22-11)10-7-9(27-18(19,20)21)3-4-12(10)28-17/h3-7,14-15,25H,8H2,1-2H3. The van der Waals surface area contributed by atoms with E-state index in [1.165, 1.54) is 23.4 Å². The SMILES string of the molecule is CC1(C)Oc2ccc(OC(F)(F)F)cc2C(N2Cc3nccnc3C2=O)C1O. The van der Waals surface area contributed by atoms with E-state index in [4.69, 9.17) is 4.74 Å². The molecule has 0 saturated heterocycles. The molecule has 1 aromatic carbocycles. The molecule has 0 fully saturated rings. The van der Waals surface area contributed by atoms with Gasteiger partial charge in [0.25, 0.3) is 5.91 Å². The molecule has 28 heavy (non-hydrogen) atoms. The van der Waals surface area contributed by atoms with Gasteiger partial charge in [-0.25, -0.2) is 4.98 Å². The van der Waals surface area contributed by atoms with E-state index in [0.29, 0.717) is 5.69 Å². The third kappa shape index (κ3) is 3.03. The van der Waals surface area contributed by atoms with Gasteiger partial charge in [-0.2, -0.15) is 0 Å². The number of carbonyl (C=O) groups excluding carboxylic acids is 1. The van der Waals surface area contributed by atoms with Crippen molar-refractivity contribution < 1.29 is 32.5 Å². The minimum atomic E-state index is -4.87. The van der Waals surface area contributed by atoms with Crippen LogP contribution in [0.1, 0.15) is 41.6 Å². The van der Waals surface area contributed by atoms with Gasteiger partial charge in [0.2, 0.25) is 0 Å². The number of halogens is 3. The normalized spacial score (nSPS) is 23.1. The largest absolute Gasteiger partial charge is 0.573 e. The van der Waals surface area contributed by atoms with Crippen molar-refractivity contribution in [2.45, 2.75) is 44.5 Å². The molecule has 2 aliphatic rings. The molecule has 0 saturated carbocycles. The van der Waals surface area contributed by atoms with Gasteiger partial charge >= 0.3 is 6.36 Å². The van der Waals surface area contributed by atoms with Crippen LogP contribution in [0.5, 0.6) is 11.5 Å². The average molecular weight is 395 g/mol. The van der Waals surface area contributed by atoms with Crippen LogP contribution in [0.15, 0.2) is 30.6 Å². The smallest absolute Gasteiger partial charge is 0.485 e. The Morgan fingerprint density at radius 3 is 2.68 bits per heavy atom. The number of ether oxygens (including phenoxy) is 2. The summed E-state index contributed by atoms with van der Waals surface area (Å²) in [6.45, 7) is 3.35. The zero-order valence-electron chi connectivity index (χ0n) is 14.9. The third-order valence-electron chi connectivity index (χ3n) is 4.81. The predicted octanol–water partition coefficient (Wildman–Crippen LogP) is 2.60. The van der Waals surface area contributed by atoms with E-state index in [-0.39, 0.29) is 23.6 Å². The van der Waals surface area contributed by atoms with Crippen molar-refractivity contribution in [3.05, 3.63) is 47.5 Å². The van der Waals surface area contributed by atoms with Gasteiger partial charge in [-0.05, 0) is 32.0 Å². The van der Waals surface area contributed by atoms with Crippen molar-refractivity contribution in [1.82, 2.24) is 14.9 Å². The zero-order valence-corrected chi connectivity index (χ0v) is 14.9. The Bertz CT molecular complexity index is 948. The van der Waals surface area contributed by atoms with Gasteiger partial charge in [0, 0.05) is 18.0 Å². The quantitative estimate of drug-likeness (QED) is 0.842. The van der Waals surface area contributed by atoms with E-state index >= 15 is 0 Å². The predicted molar refractivity (Wildman–Crippen MR) is 88.5 cm³/mol. The summed E-state index contributed by atoms with van der Waals surface area (Å²) in [4.78, 5) is 22.3. The Morgan fingerprint density at radius 1 is 1.29 bits per heavy atom. The number of rotatable bonds is 2. The molecule has 1 N–H and O–H groups in total. The fourth-order valence-corrected chi connectivity index (χ4v) is 3.54. The summed E-state index contributed by atoms with van der Waals surface area (Å²) >= 11 is 0. The molecule has 0 radical (unpaired) electrons. The Labute approximate surface area is 157 Å². The molecule has 3 heterocycles. The molecule has 0 spiro atoms. The van der Waals surface area contributed by atoms with E-state index in [2.05, 4.69) is 14.7 Å². The minimum Gasteiger partial charge on any atom is -0.485 e. The summed E-state index contributed by atoms with van der Waals surface area (Å²) in [5.41, 5.74) is -0.272. The highest BCUT2D eigenvalue weighted by molar-refractivity contribution is 5.96. The number of hydrogen-bond donors (Lipinski definition) is 1.